The van der Waals surface area contributed by atoms with Gasteiger partial charge in [-0.05, 0) is 87.8 Å². The number of halogens is 4. The highest BCUT2D eigenvalue weighted by Crippen LogP contribution is 2.45. The molecule has 5 nitrogen and oxygen atoms in total. The Labute approximate surface area is 240 Å². The average molecular weight is 576 g/mol. The van der Waals surface area contributed by atoms with Gasteiger partial charge in [-0.1, -0.05) is 18.2 Å². The average Bonchev–Trinajstić information content (AvgIpc) is 3.61. The molecule has 5 rings (SSSR count). The summed E-state index contributed by atoms with van der Waals surface area (Å²) in [5, 5.41) is 0. The molecule has 1 amide bonds. The van der Waals surface area contributed by atoms with Crippen molar-refractivity contribution in [2.45, 2.75) is 75.7 Å². The molecule has 0 aliphatic carbocycles. The van der Waals surface area contributed by atoms with Crippen molar-refractivity contribution >= 4 is 11.6 Å². The van der Waals surface area contributed by atoms with Gasteiger partial charge >= 0.3 is 6.18 Å². The third-order valence-corrected chi connectivity index (χ3v) is 9.23. The number of nitrogens with zero attached hydrogens (tertiary/aromatic N) is 3. The van der Waals surface area contributed by atoms with Crippen molar-refractivity contribution in [3.05, 3.63) is 59.2 Å². The van der Waals surface area contributed by atoms with E-state index in [9.17, 15) is 18.0 Å². The van der Waals surface area contributed by atoms with Crippen molar-refractivity contribution in [1.29, 1.82) is 0 Å². The third-order valence-electron chi connectivity index (χ3n) is 9.23. The number of ether oxygens (including phenoxy) is 1. The van der Waals surface area contributed by atoms with Crippen LogP contribution in [0.15, 0.2) is 42.5 Å². The van der Waals surface area contributed by atoms with Gasteiger partial charge in [-0.25, -0.2) is 4.39 Å². The van der Waals surface area contributed by atoms with Gasteiger partial charge in [-0.2, -0.15) is 13.2 Å². The Morgan fingerprint density at radius 1 is 0.951 bits per heavy atom. The van der Waals surface area contributed by atoms with Gasteiger partial charge in [0.05, 0.1) is 12.7 Å². The first-order chi connectivity index (χ1) is 19.3. The van der Waals surface area contributed by atoms with Crippen LogP contribution in [-0.2, 0) is 11.0 Å². The van der Waals surface area contributed by atoms with Gasteiger partial charge in [0.15, 0.2) is 0 Å². The molecule has 0 spiro atoms. The Balaban J connectivity index is 1.36. The molecule has 3 heterocycles. The van der Waals surface area contributed by atoms with E-state index in [-0.39, 0.29) is 18.0 Å². The summed E-state index contributed by atoms with van der Waals surface area (Å²) >= 11 is 0. The van der Waals surface area contributed by atoms with Crippen LogP contribution < -0.4 is 9.64 Å². The summed E-state index contributed by atoms with van der Waals surface area (Å²) in [4.78, 5) is 19.7. The lowest BCUT2D eigenvalue weighted by Crippen LogP contribution is -2.53. The number of hydrogen-bond acceptors (Lipinski definition) is 4. The summed E-state index contributed by atoms with van der Waals surface area (Å²) in [6.07, 6.45) is -1.31. The predicted molar refractivity (Wildman–Crippen MR) is 152 cm³/mol. The molecule has 0 unspecified atom stereocenters. The SMILES string of the molecule is COc1ccc([C@@H]2CN(C(C)(C)C)C[C@@]2(F)C(=O)N2CCC(c3ccc(C(F)(F)F)cc3N3CCCC3)CC2)cc1. The van der Waals surface area contributed by atoms with E-state index in [1.807, 2.05) is 37.8 Å². The fourth-order valence-corrected chi connectivity index (χ4v) is 6.70. The molecule has 3 aliphatic rings. The second kappa shape index (κ2) is 11.1. The molecule has 9 heteroatoms. The highest BCUT2D eigenvalue weighted by atomic mass is 19.4. The molecule has 41 heavy (non-hydrogen) atoms. The number of alkyl halides is 4. The summed E-state index contributed by atoms with van der Waals surface area (Å²) < 4.78 is 63.0. The van der Waals surface area contributed by atoms with E-state index in [0.717, 1.165) is 37.1 Å². The molecule has 0 saturated carbocycles. The second-order valence-electron chi connectivity index (χ2n) is 12.8. The number of methoxy groups -OCH3 is 1. The summed E-state index contributed by atoms with van der Waals surface area (Å²) in [5.74, 6) is -0.418. The number of carbonyl (C=O) groups excluding carboxylic acids is 1. The van der Waals surface area contributed by atoms with E-state index in [1.54, 1.807) is 30.2 Å². The van der Waals surface area contributed by atoms with Gasteiger partial charge in [-0.3, -0.25) is 9.69 Å². The van der Waals surface area contributed by atoms with Crippen LogP contribution in [0.4, 0.5) is 23.2 Å². The number of carbonyl (C=O) groups is 1. The van der Waals surface area contributed by atoms with Crippen molar-refractivity contribution in [3.63, 3.8) is 0 Å². The second-order valence-corrected chi connectivity index (χ2v) is 12.8. The normalized spacial score (nSPS) is 24.7. The number of anilines is 1. The van der Waals surface area contributed by atoms with Gasteiger partial charge in [-0.15, -0.1) is 0 Å². The molecule has 2 atom stereocenters. The highest BCUT2D eigenvalue weighted by Gasteiger charge is 2.57. The molecule has 0 N–H and O–H groups in total. The van der Waals surface area contributed by atoms with Crippen molar-refractivity contribution in [2.24, 2.45) is 0 Å². The van der Waals surface area contributed by atoms with Crippen molar-refractivity contribution in [2.75, 3.05) is 51.3 Å². The summed E-state index contributed by atoms with van der Waals surface area (Å²) in [7, 11) is 1.58. The predicted octanol–water partition coefficient (Wildman–Crippen LogP) is 6.63. The zero-order chi connectivity index (χ0) is 29.6. The van der Waals surface area contributed by atoms with E-state index < -0.39 is 29.2 Å². The molecule has 3 saturated heterocycles. The fourth-order valence-electron chi connectivity index (χ4n) is 6.70. The van der Waals surface area contributed by atoms with Crippen LogP contribution in [0.1, 0.15) is 75.0 Å². The number of hydrogen-bond donors (Lipinski definition) is 0. The van der Waals surface area contributed by atoms with E-state index in [0.29, 0.717) is 43.9 Å². The molecule has 0 bridgehead atoms. The van der Waals surface area contributed by atoms with Crippen LogP contribution in [0.25, 0.3) is 0 Å². The molecule has 0 aromatic heterocycles. The maximum Gasteiger partial charge on any atom is 0.416 e. The zero-order valence-corrected chi connectivity index (χ0v) is 24.4. The Bertz CT molecular complexity index is 1230. The van der Waals surface area contributed by atoms with Gasteiger partial charge < -0.3 is 14.5 Å². The molecular weight excluding hydrogens is 534 g/mol. The van der Waals surface area contributed by atoms with Crippen molar-refractivity contribution in [1.82, 2.24) is 9.80 Å². The maximum atomic E-state index is 17.1. The number of likely N-dealkylation sites (tertiary alicyclic amines) is 2. The van der Waals surface area contributed by atoms with Crippen LogP contribution in [0.3, 0.4) is 0 Å². The smallest absolute Gasteiger partial charge is 0.416 e. The molecule has 2 aromatic carbocycles. The summed E-state index contributed by atoms with van der Waals surface area (Å²) in [6, 6.07) is 11.4. The largest absolute Gasteiger partial charge is 0.497 e. The van der Waals surface area contributed by atoms with Crippen LogP contribution in [-0.4, -0.2) is 73.3 Å². The molecular formula is C32H41F4N3O2. The lowest BCUT2D eigenvalue weighted by Gasteiger charge is -2.38. The first-order valence-electron chi connectivity index (χ1n) is 14.6. The van der Waals surface area contributed by atoms with Crippen LogP contribution in [0.2, 0.25) is 0 Å². The number of benzene rings is 2. The lowest BCUT2D eigenvalue weighted by atomic mass is 9.83. The Morgan fingerprint density at radius 2 is 1.59 bits per heavy atom. The minimum absolute atomic E-state index is 0.0135. The Morgan fingerprint density at radius 3 is 2.15 bits per heavy atom. The monoisotopic (exact) mass is 575 g/mol. The molecule has 3 aliphatic heterocycles. The molecule has 2 aromatic rings. The van der Waals surface area contributed by atoms with Crippen molar-refractivity contribution in [3.8, 4) is 5.75 Å². The highest BCUT2D eigenvalue weighted by molar-refractivity contribution is 5.87. The first kappa shape index (κ1) is 29.7. The van der Waals surface area contributed by atoms with Crippen LogP contribution >= 0.6 is 0 Å². The number of rotatable bonds is 5. The Kier molecular flexibility index (Phi) is 8.05. The van der Waals surface area contributed by atoms with Gasteiger partial charge in [0.1, 0.15) is 5.75 Å². The fraction of sp³-hybridized carbons (Fsp3) is 0.594. The lowest BCUT2D eigenvalue weighted by molar-refractivity contribution is -0.145. The number of piperidine rings is 1. The summed E-state index contributed by atoms with van der Waals surface area (Å²) in [5.41, 5.74) is -0.699. The van der Waals surface area contributed by atoms with E-state index in [2.05, 4.69) is 4.90 Å². The van der Waals surface area contributed by atoms with E-state index in [4.69, 9.17) is 4.74 Å². The standard InChI is InChI=1S/C32H41F4N3O2/c1-30(2,3)39-20-27(23-7-10-25(41-4)11-8-23)31(33,21-39)29(40)38-17-13-22(14-18-38)26-12-9-24(32(34,35)36)19-28(26)37-15-5-6-16-37/h7-12,19,22,27H,5-6,13-18,20-21H2,1-4H3/t27-,31-/m0/s1. The molecule has 3 fully saturated rings. The van der Waals surface area contributed by atoms with E-state index in [1.165, 1.54) is 12.1 Å². The Hall–Kier alpha value is -2.81. The van der Waals surface area contributed by atoms with E-state index >= 15 is 4.39 Å². The molecule has 224 valence electrons. The van der Waals surface area contributed by atoms with Gasteiger partial charge in [0.2, 0.25) is 5.67 Å². The maximum absolute atomic E-state index is 17.1. The number of amides is 1. The molecule has 0 radical (unpaired) electrons. The van der Waals surface area contributed by atoms with Crippen LogP contribution in [0.5, 0.6) is 5.75 Å². The topological polar surface area (TPSA) is 36.0 Å². The third kappa shape index (κ3) is 5.92. The quantitative estimate of drug-likeness (QED) is 0.375. The minimum Gasteiger partial charge on any atom is -0.497 e. The minimum atomic E-state index is -4.40. The van der Waals surface area contributed by atoms with Crippen molar-refractivity contribution < 1.29 is 27.1 Å². The van der Waals surface area contributed by atoms with Crippen LogP contribution in [0, 0.1) is 0 Å². The first-order valence-corrected chi connectivity index (χ1v) is 14.6. The van der Waals surface area contributed by atoms with Gasteiger partial charge in [0.25, 0.3) is 5.91 Å². The van der Waals surface area contributed by atoms with Gasteiger partial charge in [0, 0.05) is 56.4 Å². The zero-order valence-electron chi connectivity index (χ0n) is 24.4. The summed E-state index contributed by atoms with van der Waals surface area (Å²) in [6.45, 7) is 8.77.